The van der Waals surface area contributed by atoms with E-state index in [9.17, 15) is 10.1 Å². The van der Waals surface area contributed by atoms with Crippen LogP contribution < -0.4 is 10.1 Å². The second-order valence-electron chi connectivity index (χ2n) is 10.1. The van der Waals surface area contributed by atoms with Crippen molar-refractivity contribution < 1.29 is 14.3 Å². The monoisotopic (exact) mass is 466 g/mol. The number of piperazine rings is 1. The Bertz CT molecular complexity index is 1080. The topological polar surface area (TPSA) is 104 Å². The molecule has 4 rings (SSSR count). The smallest absolute Gasteiger partial charge is 0.411 e. The van der Waals surface area contributed by atoms with Gasteiger partial charge in [0.1, 0.15) is 17.7 Å². The first-order valence-electron chi connectivity index (χ1n) is 11.9. The third kappa shape index (κ3) is 4.93. The number of para-hydroxylation sites is 1. The second kappa shape index (κ2) is 9.72. The Morgan fingerprint density at radius 2 is 2.09 bits per heavy atom. The maximum Gasteiger partial charge on any atom is 0.411 e. The van der Waals surface area contributed by atoms with Crippen LogP contribution in [0.25, 0.3) is 10.9 Å². The third-order valence-electron chi connectivity index (χ3n) is 6.53. The van der Waals surface area contributed by atoms with E-state index in [0.29, 0.717) is 43.5 Å². The van der Waals surface area contributed by atoms with Gasteiger partial charge in [0.25, 0.3) is 0 Å². The average Bonchev–Trinajstić information content (AvgIpc) is 3.21. The van der Waals surface area contributed by atoms with Gasteiger partial charge in [0.15, 0.2) is 0 Å². The zero-order chi connectivity index (χ0) is 24.3. The molecule has 2 saturated heterocycles. The molecule has 0 spiro atoms. The van der Waals surface area contributed by atoms with Gasteiger partial charge in [-0.05, 0) is 53.3 Å². The van der Waals surface area contributed by atoms with Crippen LogP contribution in [0.2, 0.25) is 0 Å². The summed E-state index contributed by atoms with van der Waals surface area (Å²) in [6, 6.07) is 10.5. The molecule has 9 nitrogen and oxygen atoms in total. The number of hydrogen-bond acceptors (Lipinski definition) is 8. The van der Waals surface area contributed by atoms with Gasteiger partial charge in [-0.15, -0.1) is 0 Å². The van der Waals surface area contributed by atoms with Gasteiger partial charge in [0.05, 0.1) is 23.7 Å². The second-order valence-corrected chi connectivity index (χ2v) is 10.1. The van der Waals surface area contributed by atoms with Crippen molar-refractivity contribution in [3.8, 4) is 12.1 Å². The minimum absolute atomic E-state index is 0.0606. The third-order valence-corrected chi connectivity index (χ3v) is 6.53. The Morgan fingerprint density at radius 3 is 2.79 bits per heavy atom. The normalized spacial score (nSPS) is 23.6. The van der Waals surface area contributed by atoms with Crippen LogP contribution in [0.3, 0.4) is 0 Å². The average molecular weight is 467 g/mol. The summed E-state index contributed by atoms with van der Waals surface area (Å²) < 4.78 is 11.8. The van der Waals surface area contributed by atoms with Crippen LogP contribution in [0.4, 0.5) is 4.79 Å². The van der Waals surface area contributed by atoms with E-state index < -0.39 is 17.2 Å². The van der Waals surface area contributed by atoms with Crippen molar-refractivity contribution in [3.63, 3.8) is 0 Å². The Kier molecular flexibility index (Phi) is 6.91. The van der Waals surface area contributed by atoms with Crippen molar-refractivity contribution in [2.24, 2.45) is 0 Å². The number of ether oxygens (including phenoxy) is 2. The summed E-state index contributed by atoms with van der Waals surface area (Å²) in [6.07, 6.45) is 1.83. The van der Waals surface area contributed by atoms with Gasteiger partial charge in [0.2, 0.25) is 0 Å². The molecule has 2 aromatic rings. The summed E-state index contributed by atoms with van der Waals surface area (Å²) in [7, 11) is 2.10. The fourth-order valence-electron chi connectivity index (χ4n) is 4.80. The van der Waals surface area contributed by atoms with E-state index in [2.05, 4.69) is 28.3 Å². The highest BCUT2D eigenvalue weighted by Gasteiger charge is 2.47. The summed E-state index contributed by atoms with van der Waals surface area (Å²) in [4.78, 5) is 26.7. The maximum atomic E-state index is 13.3. The predicted octanol–water partition coefficient (Wildman–Crippen LogP) is 3.05. The van der Waals surface area contributed by atoms with Crippen LogP contribution in [-0.4, -0.2) is 77.3 Å². The van der Waals surface area contributed by atoms with E-state index in [-0.39, 0.29) is 12.4 Å². The van der Waals surface area contributed by atoms with Gasteiger partial charge in [0, 0.05) is 31.1 Å². The minimum atomic E-state index is -1.01. The summed E-state index contributed by atoms with van der Waals surface area (Å²) in [6.45, 7) is 8.45. The highest BCUT2D eigenvalue weighted by Crippen LogP contribution is 2.38. The molecular weight excluding hydrogens is 432 g/mol. The number of likely N-dealkylation sites (tertiary alicyclic amines) is 1. The number of likely N-dealkylation sites (N-methyl/N-ethyl adjacent to an activating group) is 1. The lowest BCUT2D eigenvalue weighted by Gasteiger charge is -2.46. The molecule has 1 unspecified atom stereocenters. The van der Waals surface area contributed by atoms with Crippen LogP contribution in [0.5, 0.6) is 6.01 Å². The van der Waals surface area contributed by atoms with E-state index >= 15 is 0 Å². The lowest BCUT2D eigenvalue weighted by Crippen LogP contribution is -2.62. The molecule has 2 aliphatic heterocycles. The number of carbonyl (C=O) groups excluding carboxylic acids is 1. The molecule has 1 N–H and O–H groups in total. The van der Waals surface area contributed by atoms with Gasteiger partial charge < -0.3 is 19.7 Å². The number of fused-ring (bicyclic) bond motifs is 1. The van der Waals surface area contributed by atoms with Crippen molar-refractivity contribution in [2.45, 2.75) is 57.2 Å². The number of hydrogen-bond donors (Lipinski definition) is 1. The number of nitrogens with one attached hydrogen (secondary N) is 1. The van der Waals surface area contributed by atoms with Crippen LogP contribution in [-0.2, 0) is 10.3 Å². The zero-order valence-electron chi connectivity index (χ0n) is 20.5. The molecule has 182 valence electrons. The molecule has 2 fully saturated rings. The van der Waals surface area contributed by atoms with Crippen LogP contribution in [0, 0.1) is 11.3 Å². The number of nitrogens with zero attached hydrogens (tertiary/aromatic N) is 5. The molecule has 9 heteroatoms. The van der Waals surface area contributed by atoms with Gasteiger partial charge >= 0.3 is 12.1 Å². The first-order valence-corrected chi connectivity index (χ1v) is 11.9. The van der Waals surface area contributed by atoms with E-state index in [1.165, 1.54) is 0 Å². The number of amides is 1. The van der Waals surface area contributed by atoms with Crippen molar-refractivity contribution >= 4 is 17.0 Å². The van der Waals surface area contributed by atoms with Crippen LogP contribution >= 0.6 is 0 Å². The zero-order valence-corrected chi connectivity index (χ0v) is 20.5. The molecule has 3 heterocycles. The van der Waals surface area contributed by atoms with E-state index in [0.717, 1.165) is 24.8 Å². The molecule has 2 aliphatic rings. The Hall–Kier alpha value is -2.96. The molecule has 0 aliphatic carbocycles. The van der Waals surface area contributed by atoms with E-state index in [4.69, 9.17) is 14.5 Å². The lowest BCUT2D eigenvalue weighted by atomic mass is 9.85. The van der Waals surface area contributed by atoms with Gasteiger partial charge in [-0.3, -0.25) is 4.90 Å². The first-order chi connectivity index (χ1) is 16.2. The summed E-state index contributed by atoms with van der Waals surface area (Å²) in [5, 5.41) is 14.0. The number of aromatic nitrogens is 2. The number of benzene rings is 1. The summed E-state index contributed by atoms with van der Waals surface area (Å²) in [5.74, 6) is 0. The SMILES string of the molecule is CN1CCC[C@H]1COc1nc(C2(CC#N)CNCCN2C(=O)OC(C)(C)C)c2ccccc2n1. The van der Waals surface area contributed by atoms with E-state index in [1.807, 2.05) is 45.0 Å². The predicted molar refractivity (Wildman–Crippen MR) is 128 cm³/mol. The van der Waals surface area contributed by atoms with Gasteiger partial charge in [-0.25, -0.2) is 4.79 Å². The molecule has 0 saturated carbocycles. The van der Waals surface area contributed by atoms with Gasteiger partial charge in [-0.1, -0.05) is 18.2 Å². The highest BCUT2D eigenvalue weighted by atomic mass is 16.6. The number of rotatable bonds is 5. The van der Waals surface area contributed by atoms with E-state index in [1.54, 1.807) is 4.90 Å². The molecule has 1 aromatic heterocycles. The standard InChI is InChI=1S/C25H34N6O3/c1-24(2,3)34-23(32)31-15-13-27-17-25(31,11-12-26)21-19-9-5-6-10-20(19)28-22(29-21)33-16-18-8-7-14-30(18)4/h5-6,9-10,18,27H,7-8,11,13-17H2,1-4H3/t18-,25?/m0/s1. The van der Waals surface area contributed by atoms with Crippen LogP contribution in [0.1, 0.15) is 45.7 Å². The molecular formula is C25H34N6O3. The van der Waals surface area contributed by atoms with Crippen molar-refractivity contribution in [1.82, 2.24) is 25.1 Å². The number of carbonyl (C=O) groups is 1. The van der Waals surface area contributed by atoms with Crippen molar-refractivity contribution in [2.75, 3.05) is 39.8 Å². The Morgan fingerprint density at radius 1 is 1.29 bits per heavy atom. The Balaban J connectivity index is 1.78. The fourth-order valence-corrected chi connectivity index (χ4v) is 4.80. The largest absolute Gasteiger partial charge is 0.462 e. The molecule has 1 amide bonds. The fraction of sp³-hybridized carbons (Fsp3) is 0.600. The Labute approximate surface area is 201 Å². The molecule has 34 heavy (non-hydrogen) atoms. The van der Waals surface area contributed by atoms with Crippen molar-refractivity contribution in [3.05, 3.63) is 30.0 Å². The van der Waals surface area contributed by atoms with Crippen molar-refractivity contribution in [1.29, 1.82) is 5.26 Å². The highest BCUT2D eigenvalue weighted by molar-refractivity contribution is 5.83. The molecule has 0 bridgehead atoms. The molecule has 1 aromatic carbocycles. The maximum absolute atomic E-state index is 13.3. The van der Waals surface area contributed by atoms with Gasteiger partial charge in [-0.2, -0.15) is 15.2 Å². The summed E-state index contributed by atoms with van der Waals surface area (Å²) in [5.41, 5.74) is -0.350. The quantitative estimate of drug-likeness (QED) is 0.717. The molecule has 0 radical (unpaired) electrons. The minimum Gasteiger partial charge on any atom is -0.462 e. The lowest BCUT2D eigenvalue weighted by molar-refractivity contribution is -0.0128. The van der Waals surface area contributed by atoms with Crippen LogP contribution in [0.15, 0.2) is 24.3 Å². The first kappa shape index (κ1) is 24.2. The summed E-state index contributed by atoms with van der Waals surface area (Å²) >= 11 is 0. The number of nitriles is 1. The molecule has 2 atom stereocenters.